The molecule has 7 heteroatoms. The van der Waals surface area contributed by atoms with Crippen molar-refractivity contribution in [3.05, 3.63) is 35.3 Å². The zero-order valence-electron chi connectivity index (χ0n) is 10.9. The van der Waals surface area contributed by atoms with E-state index in [4.69, 9.17) is 0 Å². The average Bonchev–Trinajstić information content (AvgIpc) is 2.63. The normalized spacial score (nSPS) is 12.3. The molecule has 0 aromatic carbocycles. The molecule has 0 spiro atoms. The number of rotatable bonds is 3. The number of hydrogen-bond donors (Lipinski definition) is 1. The van der Waals surface area contributed by atoms with Crippen LogP contribution in [-0.2, 0) is 12.6 Å². The fourth-order valence-corrected chi connectivity index (χ4v) is 2.09. The fourth-order valence-electron chi connectivity index (χ4n) is 2.09. The molecule has 0 aliphatic heterocycles. The van der Waals surface area contributed by atoms with E-state index < -0.39 is 17.7 Å². The third-order valence-corrected chi connectivity index (χ3v) is 2.83. The van der Waals surface area contributed by atoms with Crippen molar-refractivity contribution in [2.24, 2.45) is 5.92 Å². The summed E-state index contributed by atoms with van der Waals surface area (Å²) in [7, 11) is 0. The summed E-state index contributed by atoms with van der Waals surface area (Å²) in [6, 6.07) is 2.07. The van der Waals surface area contributed by atoms with Gasteiger partial charge in [0.1, 0.15) is 5.65 Å². The Labute approximate surface area is 112 Å². The number of nitrogens with zero attached hydrogens (tertiary/aromatic N) is 2. The third kappa shape index (κ3) is 2.48. The highest BCUT2D eigenvalue weighted by Crippen LogP contribution is 2.33. The van der Waals surface area contributed by atoms with Crippen molar-refractivity contribution >= 4 is 11.6 Å². The number of imidazole rings is 1. The van der Waals surface area contributed by atoms with Crippen molar-refractivity contribution in [1.82, 2.24) is 9.38 Å². The SMILES string of the molecule is CC(C)Cc1nc2c(C(F)(F)F)cccn2c1C(=O)O. The Morgan fingerprint density at radius 2 is 2.10 bits per heavy atom. The van der Waals surface area contributed by atoms with Gasteiger partial charge in [0.15, 0.2) is 5.69 Å². The third-order valence-electron chi connectivity index (χ3n) is 2.83. The van der Waals surface area contributed by atoms with Crippen LogP contribution in [0.5, 0.6) is 0 Å². The summed E-state index contributed by atoms with van der Waals surface area (Å²) in [6.07, 6.45) is -2.98. The van der Waals surface area contributed by atoms with Crippen molar-refractivity contribution in [2.75, 3.05) is 0 Å². The molecule has 0 atom stereocenters. The number of fused-ring (bicyclic) bond motifs is 1. The predicted octanol–water partition coefficient (Wildman–Crippen LogP) is 3.25. The highest BCUT2D eigenvalue weighted by Gasteiger charge is 2.35. The van der Waals surface area contributed by atoms with Crippen molar-refractivity contribution in [1.29, 1.82) is 0 Å². The molecule has 4 nitrogen and oxygen atoms in total. The van der Waals surface area contributed by atoms with Crippen LogP contribution in [0, 0.1) is 5.92 Å². The van der Waals surface area contributed by atoms with E-state index in [9.17, 15) is 23.1 Å². The molecule has 2 aromatic heterocycles. The Bertz CT molecular complexity index is 659. The minimum Gasteiger partial charge on any atom is -0.477 e. The lowest BCUT2D eigenvalue weighted by molar-refractivity contribution is -0.136. The number of pyridine rings is 1. The lowest BCUT2D eigenvalue weighted by Gasteiger charge is -2.07. The molecule has 20 heavy (non-hydrogen) atoms. The van der Waals surface area contributed by atoms with Gasteiger partial charge in [0.05, 0.1) is 11.3 Å². The van der Waals surface area contributed by atoms with E-state index in [-0.39, 0.29) is 23.0 Å². The number of halogens is 3. The van der Waals surface area contributed by atoms with Crippen LogP contribution in [-0.4, -0.2) is 20.5 Å². The lowest BCUT2D eigenvalue weighted by atomic mass is 10.1. The van der Waals surface area contributed by atoms with Crippen molar-refractivity contribution in [3.8, 4) is 0 Å². The van der Waals surface area contributed by atoms with Crippen LogP contribution in [0.25, 0.3) is 5.65 Å². The zero-order valence-corrected chi connectivity index (χ0v) is 10.9. The average molecular weight is 286 g/mol. The van der Waals surface area contributed by atoms with Gasteiger partial charge in [0.25, 0.3) is 0 Å². The van der Waals surface area contributed by atoms with E-state index in [2.05, 4.69) is 4.98 Å². The van der Waals surface area contributed by atoms with Gasteiger partial charge < -0.3 is 5.11 Å². The first-order valence-electron chi connectivity index (χ1n) is 6.02. The van der Waals surface area contributed by atoms with Crippen molar-refractivity contribution < 1.29 is 23.1 Å². The first-order chi connectivity index (χ1) is 9.21. The number of carbonyl (C=O) groups is 1. The van der Waals surface area contributed by atoms with Gasteiger partial charge in [-0.25, -0.2) is 9.78 Å². The van der Waals surface area contributed by atoms with E-state index in [1.165, 1.54) is 12.3 Å². The number of aromatic nitrogens is 2. The molecule has 0 bridgehead atoms. The molecule has 0 radical (unpaired) electrons. The van der Waals surface area contributed by atoms with Gasteiger partial charge in [0, 0.05) is 6.20 Å². The molecule has 2 rings (SSSR count). The topological polar surface area (TPSA) is 54.6 Å². The summed E-state index contributed by atoms with van der Waals surface area (Å²) in [5.41, 5.74) is -1.34. The number of carboxylic acid groups (broad SMARTS) is 1. The van der Waals surface area contributed by atoms with Crippen LogP contribution in [0.1, 0.15) is 35.6 Å². The smallest absolute Gasteiger partial charge is 0.419 e. The molecule has 2 heterocycles. The molecular formula is C13H13F3N2O2. The Kier molecular flexibility index (Phi) is 3.45. The Hall–Kier alpha value is -2.05. The minimum atomic E-state index is -4.57. The molecule has 0 amide bonds. The van der Waals surface area contributed by atoms with Gasteiger partial charge in [-0.15, -0.1) is 0 Å². The fraction of sp³-hybridized carbons (Fsp3) is 0.385. The monoisotopic (exact) mass is 286 g/mol. The van der Waals surface area contributed by atoms with E-state index in [0.29, 0.717) is 6.42 Å². The summed E-state index contributed by atoms with van der Waals surface area (Å²) in [6.45, 7) is 3.70. The Morgan fingerprint density at radius 1 is 1.45 bits per heavy atom. The molecule has 0 saturated heterocycles. The van der Waals surface area contributed by atoms with Crippen LogP contribution in [0.3, 0.4) is 0 Å². The molecule has 0 aliphatic carbocycles. The van der Waals surface area contributed by atoms with E-state index in [0.717, 1.165) is 10.5 Å². The first kappa shape index (κ1) is 14.4. The molecular weight excluding hydrogens is 273 g/mol. The van der Waals surface area contributed by atoms with Crippen molar-refractivity contribution in [3.63, 3.8) is 0 Å². The second-order valence-corrected chi connectivity index (χ2v) is 4.92. The molecule has 108 valence electrons. The molecule has 2 aromatic rings. The minimum absolute atomic E-state index is 0.0901. The number of carboxylic acids is 1. The highest BCUT2D eigenvalue weighted by molar-refractivity contribution is 5.88. The summed E-state index contributed by atoms with van der Waals surface area (Å²) >= 11 is 0. The molecule has 0 fully saturated rings. The van der Waals surface area contributed by atoms with Crippen LogP contribution >= 0.6 is 0 Å². The summed E-state index contributed by atoms with van der Waals surface area (Å²) in [4.78, 5) is 15.2. The van der Waals surface area contributed by atoms with Gasteiger partial charge in [-0.2, -0.15) is 13.2 Å². The largest absolute Gasteiger partial charge is 0.477 e. The quantitative estimate of drug-likeness (QED) is 0.942. The van der Waals surface area contributed by atoms with Gasteiger partial charge in [-0.3, -0.25) is 4.40 Å². The standard InChI is InChI=1S/C13H13F3N2O2/c1-7(2)6-9-10(12(19)20)18-5-3-4-8(11(18)17-9)13(14,15)16/h3-5,7H,6H2,1-2H3,(H,19,20). The van der Waals surface area contributed by atoms with E-state index in [1.54, 1.807) is 0 Å². The molecule has 0 saturated carbocycles. The summed E-state index contributed by atoms with van der Waals surface area (Å²) < 4.78 is 39.8. The maximum Gasteiger partial charge on any atom is 0.419 e. The Balaban J connectivity index is 2.76. The number of aromatic carboxylic acids is 1. The highest BCUT2D eigenvalue weighted by atomic mass is 19.4. The molecule has 0 unspecified atom stereocenters. The van der Waals surface area contributed by atoms with Gasteiger partial charge >= 0.3 is 12.1 Å². The molecule has 0 aliphatic rings. The predicted molar refractivity (Wildman–Crippen MR) is 65.7 cm³/mol. The van der Waals surface area contributed by atoms with Gasteiger partial charge in [-0.1, -0.05) is 13.8 Å². The Morgan fingerprint density at radius 3 is 2.60 bits per heavy atom. The summed E-state index contributed by atoms with van der Waals surface area (Å²) in [5.74, 6) is -1.19. The number of alkyl halides is 3. The maximum atomic E-state index is 12.9. The molecule has 1 N–H and O–H groups in total. The first-order valence-corrected chi connectivity index (χ1v) is 6.02. The second-order valence-electron chi connectivity index (χ2n) is 4.92. The van der Waals surface area contributed by atoms with Gasteiger partial charge in [-0.05, 0) is 24.5 Å². The number of hydrogen-bond acceptors (Lipinski definition) is 2. The van der Waals surface area contributed by atoms with Crippen LogP contribution < -0.4 is 0 Å². The van der Waals surface area contributed by atoms with Crippen LogP contribution in [0.15, 0.2) is 18.3 Å². The van der Waals surface area contributed by atoms with Gasteiger partial charge in [0.2, 0.25) is 0 Å². The summed E-state index contributed by atoms with van der Waals surface area (Å²) in [5, 5.41) is 9.22. The maximum absolute atomic E-state index is 12.9. The van der Waals surface area contributed by atoms with Crippen LogP contribution in [0.4, 0.5) is 13.2 Å². The second kappa shape index (κ2) is 4.81. The van der Waals surface area contributed by atoms with E-state index in [1.807, 2.05) is 13.8 Å². The van der Waals surface area contributed by atoms with Crippen molar-refractivity contribution in [2.45, 2.75) is 26.4 Å². The van der Waals surface area contributed by atoms with E-state index >= 15 is 0 Å². The zero-order chi connectivity index (χ0) is 15.1. The van der Waals surface area contributed by atoms with Crippen LogP contribution in [0.2, 0.25) is 0 Å². The lowest BCUT2D eigenvalue weighted by Crippen LogP contribution is -2.09.